The second-order valence-electron chi connectivity index (χ2n) is 9.59. The summed E-state index contributed by atoms with van der Waals surface area (Å²) in [7, 11) is -1.55. The average molecular weight is 670 g/mol. The third kappa shape index (κ3) is 10.7. The van der Waals surface area contributed by atoms with E-state index in [1.807, 2.05) is 24.3 Å². The first kappa shape index (κ1) is 36.9. The number of hydrogen-bond acceptors (Lipinski definition) is 8. The van der Waals surface area contributed by atoms with Crippen molar-refractivity contribution >= 4 is 33.4 Å². The Hall–Kier alpha value is -4.26. The largest absolute Gasteiger partial charge is 0.490 e. The molecule has 45 heavy (non-hydrogen) atoms. The lowest BCUT2D eigenvalue weighted by Crippen LogP contribution is -2.31. The van der Waals surface area contributed by atoms with Crippen molar-refractivity contribution in [2.45, 2.75) is 36.5 Å². The topological polar surface area (TPSA) is 163 Å². The normalized spacial score (nSPS) is 13.4. The Kier molecular flexibility index (Phi) is 12.4. The molecule has 0 fully saturated rings. The number of carboxylic acid groups (broad SMARTS) is 1. The number of aliphatic imine (C=N–C) groups is 1. The van der Waals surface area contributed by atoms with Gasteiger partial charge in [0, 0.05) is 51.8 Å². The van der Waals surface area contributed by atoms with Crippen molar-refractivity contribution in [2.75, 3.05) is 40.3 Å². The summed E-state index contributed by atoms with van der Waals surface area (Å²) in [4.78, 5) is 36.3. The molecule has 1 heterocycles. The molecule has 1 amide bonds. The van der Waals surface area contributed by atoms with Crippen molar-refractivity contribution in [3.05, 3.63) is 69.3 Å². The van der Waals surface area contributed by atoms with Crippen LogP contribution in [0.1, 0.15) is 29.5 Å². The summed E-state index contributed by atoms with van der Waals surface area (Å²) in [6, 6.07) is 9.42. The van der Waals surface area contributed by atoms with Crippen molar-refractivity contribution in [1.29, 1.82) is 0 Å². The molecule has 0 unspecified atom stereocenters. The number of nitro groups is 1. The Morgan fingerprint density at radius 3 is 2.13 bits per heavy atom. The maximum atomic E-state index is 13.2. The molecular formula is C26H29F6N5O7S. The number of amides is 1. The van der Waals surface area contributed by atoms with E-state index in [0.29, 0.717) is 19.0 Å². The van der Waals surface area contributed by atoms with Crippen molar-refractivity contribution in [1.82, 2.24) is 14.5 Å². The molecule has 0 bridgehead atoms. The number of nitrogens with one attached hydrogen (secondary N) is 1. The molecular weight excluding hydrogens is 640 g/mol. The molecule has 1 aliphatic rings. The first-order chi connectivity index (χ1) is 20.7. The van der Waals surface area contributed by atoms with E-state index >= 15 is 0 Å². The van der Waals surface area contributed by atoms with Gasteiger partial charge < -0.3 is 15.3 Å². The quantitative estimate of drug-likeness (QED) is 0.208. The van der Waals surface area contributed by atoms with Crippen LogP contribution in [0, 0.1) is 10.1 Å². The fraction of sp³-hybridized carbons (Fsp3) is 0.423. The van der Waals surface area contributed by atoms with Crippen molar-refractivity contribution < 1.29 is 54.4 Å². The highest BCUT2D eigenvalue weighted by Crippen LogP contribution is 2.37. The zero-order valence-corrected chi connectivity index (χ0v) is 24.7. The van der Waals surface area contributed by atoms with Gasteiger partial charge in [-0.2, -0.15) is 26.3 Å². The fourth-order valence-electron chi connectivity index (χ4n) is 3.85. The van der Waals surface area contributed by atoms with E-state index < -0.39 is 49.4 Å². The van der Waals surface area contributed by atoms with Gasteiger partial charge in [0.2, 0.25) is 15.9 Å². The van der Waals surface area contributed by atoms with E-state index in [0.717, 1.165) is 40.4 Å². The number of alkyl halides is 6. The highest BCUT2D eigenvalue weighted by molar-refractivity contribution is 7.89. The highest BCUT2D eigenvalue weighted by Gasteiger charge is 2.40. The number of hydrogen-bond donors (Lipinski definition) is 2. The van der Waals surface area contributed by atoms with Crippen LogP contribution in [0.3, 0.4) is 0 Å². The zero-order chi connectivity index (χ0) is 34.2. The molecule has 2 N–H and O–H groups in total. The molecule has 2 aromatic carbocycles. The number of carboxylic acids is 1. The maximum Gasteiger partial charge on any atom is 0.490 e. The summed E-state index contributed by atoms with van der Waals surface area (Å²) in [5.41, 5.74) is -0.839. The van der Waals surface area contributed by atoms with Gasteiger partial charge in [-0.15, -0.1) is 0 Å². The summed E-state index contributed by atoms with van der Waals surface area (Å²) in [6.45, 7) is 1.90. The van der Waals surface area contributed by atoms with E-state index in [1.54, 1.807) is 7.05 Å². The lowest BCUT2D eigenvalue weighted by molar-refractivity contribution is -0.388. The molecule has 2 aromatic rings. The highest BCUT2D eigenvalue weighted by atomic mass is 32.2. The minimum atomic E-state index is -5.10. The summed E-state index contributed by atoms with van der Waals surface area (Å²) >= 11 is 0. The van der Waals surface area contributed by atoms with Crippen molar-refractivity contribution in [3.8, 4) is 0 Å². The van der Waals surface area contributed by atoms with Crippen LogP contribution in [-0.2, 0) is 32.2 Å². The SMILES string of the molecule is CN(CCc1ccc(C2=NCCN2)cc1)C(=O)CCCN(C)S(=O)(=O)c1ccc([N+](=O)[O-])c(C(F)(F)F)c1.O=C(O)C(F)(F)F. The molecule has 19 heteroatoms. The van der Waals surface area contributed by atoms with Gasteiger partial charge in [0.15, 0.2) is 0 Å². The number of sulfonamides is 1. The van der Waals surface area contributed by atoms with Crippen LogP contribution >= 0.6 is 0 Å². The predicted molar refractivity (Wildman–Crippen MR) is 148 cm³/mol. The number of rotatable bonds is 11. The third-order valence-electron chi connectivity index (χ3n) is 6.35. The second kappa shape index (κ2) is 15.2. The summed E-state index contributed by atoms with van der Waals surface area (Å²) < 4.78 is 97.8. The third-order valence-corrected chi connectivity index (χ3v) is 8.20. The monoisotopic (exact) mass is 669 g/mol. The molecule has 0 atom stereocenters. The van der Waals surface area contributed by atoms with E-state index in [4.69, 9.17) is 9.90 Å². The molecule has 1 aliphatic heterocycles. The lowest BCUT2D eigenvalue weighted by Gasteiger charge is -2.20. The number of carbonyl (C=O) groups is 2. The number of likely N-dealkylation sites (N-methyl/N-ethyl adjacent to an activating group) is 1. The van der Waals surface area contributed by atoms with Gasteiger partial charge in [-0.05, 0) is 30.5 Å². The number of aliphatic carboxylic acids is 1. The van der Waals surface area contributed by atoms with E-state index in [9.17, 15) is 49.7 Å². The van der Waals surface area contributed by atoms with Gasteiger partial charge >= 0.3 is 18.3 Å². The smallest absolute Gasteiger partial charge is 0.475 e. The van der Waals surface area contributed by atoms with E-state index in [1.165, 1.54) is 11.9 Å². The van der Waals surface area contributed by atoms with Gasteiger partial charge in [0.1, 0.15) is 11.4 Å². The van der Waals surface area contributed by atoms with Gasteiger partial charge in [0.25, 0.3) is 5.69 Å². The molecule has 0 radical (unpaired) electrons. The van der Waals surface area contributed by atoms with Crippen LogP contribution in [0.5, 0.6) is 0 Å². The van der Waals surface area contributed by atoms with Gasteiger partial charge in [0.05, 0.1) is 16.4 Å². The van der Waals surface area contributed by atoms with Crippen molar-refractivity contribution in [3.63, 3.8) is 0 Å². The number of halogens is 6. The van der Waals surface area contributed by atoms with Crippen molar-refractivity contribution in [2.24, 2.45) is 4.99 Å². The molecule has 0 saturated heterocycles. The summed E-state index contributed by atoms with van der Waals surface area (Å²) in [5, 5.41) is 21.2. The maximum absolute atomic E-state index is 13.2. The standard InChI is InChI=1S/C24H28F3N5O5S.C2HF3O2/c1-30(15-11-17-5-7-18(8-6-17)23-28-12-13-29-23)22(33)4-3-14-31(2)38(36,37)19-9-10-21(32(34)35)20(16-19)24(25,26)27;3-2(4,5)1(6)7/h5-10,16H,3-4,11-15H2,1-2H3,(H,28,29);(H,6,7). The average Bonchev–Trinajstić information content (AvgIpc) is 3.50. The lowest BCUT2D eigenvalue weighted by atomic mass is 10.1. The van der Waals surface area contributed by atoms with Crippen LogP contribution in [0.2, 0.25) is 0 Å². The molecule has 0 spiro atoms. The number of amidine groups is 1. The minimum absolute atomic E-state index is 0.0366. The Morgan fingerprint density at radius 2 is 1.64 bits per heavy atom. The van der Waals surface area contributed by atoms with Gasteiger partial charge in [-0.25, -0.2) is 17.5 Å². The first-order valence-electron chi connectivity index (χ1n) is 13.0. The molecule has 3 rings (SSSR count). The molecule has 0 saturated carbocycles. The predicted octanol–water partition coefficient (Wildman–Crippen LogP) is 3.70. The summed E-state index contributed by atoms with van der Waals surface area (Å²) in [6.07, 6.45) is -9.39. The van der Waals surface area contributed by atoms with Crippen LogP contribution in [-0.4, -0.2) is 91.8 Å². The molecule has 248 valence electrons. The summed E-state index contributed by atoms with van der Waals surface area (Å²) in [5.74, 6) is -2.09. The first-order valence-corrected chi connectivity index (χ1v) is 14.4. The van der Waals surface area contributed by atoms with Crippen LogP contribution in [0.15, 0.2) is 52.4 Å². The van der Waals surface area contributed by atoms with Gasteiger partial charge in [-0.3, -0.25) is 19.9 Å². The van der Waals surface area contributed by atoms with Gasteiger partial charge in [-0.1, -0.05) is 24.3 Å². The van der Waals surface area contributed by atoms with Crippen LogP contribution in [0.4, 0.5) is 32.0 Å². The van der Waals surface area contributed by atoms with Crippen LogP contribution < -0.4 is 5.32 Å². The Balaban J connectivity index is 0.000000900. The van der Waals surface area contributed by atoms with E-state index in [2.05, 4.69) is 10.3 Å². The van der Waals surface area contributed by atoms with Crippen LogP contribution in [0.25, 0.3) is 0 Å². The number of benzene rings is 2. The fourth-order valence-corrected chi connectivity index (χ4v) is 5.08. The minimum Gasteiger partial charge on any atom is -0.475 e. The molecule has 0 aliphatic carbocycles. The Bertz CT molecular complexity index is 1510. The second-order valence-corrected chi connectivity index (χ2v) is 11.6. The molecule has 12 nitrogen and oxygen atoms in total. The Labute approximate surface area is 253 Å². The zero-order valence-electron chi connectivity index (χ0n) is 23.9. The number of nitro benzene ring substituents is 1. The number of nitrogens with zero attached hydrogens (tertiary/aromatic N) is 4. The molecule has 0 aromatic heterocycles. The Morgan fingerprint density at radius 1 is 1.04 bits per heavy atom. The number of carbonyl (C=O) groups excluding carboxylic acids is 1. The van der Waals surface area contributed by atoms with E-state index in [-0.39, 0.29) is 31.4 Å².